The number of aryl methyl sites for hydroxylation is 1. The number of anilines is 1. The fraction of sp³-hybridized carbons (Fsp3) is 0.200. The van der Waals surface area contributed by atoms with E-state index in [1.807, 2.05) is 6.92 Å². The summed E-state index contributed by atoms with van der Waals surface area (Å²) in [6.07, 6.45) is 1.56. The summed E-state index contributed by atoms with van der Waals surface area (Å²) >= 11 is 0. The molecule has 0 aliphatic heterocycles. The van der Waals surface area contributed by atoms with Crippen LogP contribution in [0.1, 0.15) is 17.3 Å². The van der Waals surface area contributed by atoms with Crippen LogP contribution in [0.2, 0.25) is 0 Å². The molecule has 0 bridgehead atoms. The third-order valence-electron chi connectivity index (χ3n) is 2.79. The summed E-state index contributed by atoms with van der Waals surface area (Å²) < 4.78 is 6.73. The summed E-state index contributed by atoms with van der Waals surface area (Å²) in [6, 6.07) is 9.98. The van der Waals surface area contributed by atoms with E-state index in [0.717, 1.165) is 5.75 Å². The molecule has 104 valence electrons. The van der Waals surface area contributed by atoms with Crippen molar-refractivity contribution in [2.24, 2.45) is 7.05 Å². The topological polar surface area (TPSA) is 60.3 Å². The Balaban J connectivity index is 2.10. The van der Waals surface area contributed by atoms with Crippen molar-refractivity contribution in [1.29, 1.82) is 0 Å². The average molecular weight is 272 g/mol. The molecule has 1 aromatic carbocycles. The molecule has 0 fully saturated rings. The molecule has 0 unspecified atom stereocenters. The van der Waals surface area contributed by atoms with Crippen LogP contribution in [-0.2, 0) is 7.05 Å². The number of hydrogen-bond donors (Lipinski definition) is 1. The number of rotatable bonds is 4. The second-order valence-electron chi connectivity index (χ2n) is 4.28. The van der Waals surface area contributed by atoms with Crippen LogP contribution in [-0.4, -0.2) is 17.1 Å². The fourth-order valence-corrected chi connectivity index (χ4v) is 1.69. The molecule has 2 rings (SSSR count). The Morgan fingerprint density at radius 2 is 1.95 bits per heavy atom. The number of carbonyl (C=O) groups is 1. The average Bonchev–Trinajstić information content (AvgIpc) is 2.44. The lowest BCUT2D eigenvalue weighted by molar-refractivity contribution is 0.102. The lowest BCUT2D eigenvalue weighted by Gasteiger charge is -2.07. The standard InChI is InChI=1S/C15H16N2O3/c1-3-20-13-6-4-12(5-7-13)16-15(19)11-8-9-17(2)14(18)10-11/h4-10H,3H2,1-2H3,(H,16,19). The quantitative estimate of drug-likeness (QED) is 0.926. The van der Waals surface area contributed by atoms with Gasteiger partial charge >= 0.3 is 0 Å². The number of benzene rings is 1. The summed E-state index contributed by atoms with van der Waals surface area (Å²) in [6.45, 7) is 2.50. The monoisotopic (exact) mass is 272 g/mol. The van der Waals surface area contributed by atoms with E-state index in [2.05, 4.69) is 5.32 Å². The van der Waals surface area contributed by atoms with Crippen LogP contribution in [0.3, 0.4) is 0 Å². The molecule has 1 amide bonds. The van der Waals surface area contributed by atoms with E-state index < -0.39 is 0 Å². The van der Waals surface area contributed by atoms with Gasteiger partial charge in [-0.05, 0) is 37.3 Å². The molecule has 1 heterocycles. The van der Waals surface area contributed by atoms with E-state index in [1.165, 1.54) is 10.6 Å². The maximum atomic E-state index is 12.0. The molecule has 0 saturated carbocycles. The highest BCUT2D eigenvalue weighted by Gasteiger charge is 2.07. The molecule has 5 nitrogen and oxygen atoms in total. The van der Waals surface area contributed by atoms with Gasteiger partial charge in [0.2, 0.25) is 0 Å². The number of aromatic nitrogens is 1. The molecule has 5 heteroatoms. The van der Waals surface area contributed by atoms with Gasteiger partial charge in [-0.2, -0.15) is 0 Å². The Kier molecular flexibility index (Phi) is 4.20. The van der Waals surface area contributed by atoms with Gasteiger partial charge in [0.05, 0.1) is 6.61 Å². The third-order valence-corrected chi connectivity index (χ3v) is 2.79. The highest BCUT2D eigenvalue weighted by atomic mass is 16.5. The highest BCUT2D eigenvalue weighted by Crippen LogP contribution is 2.16. The van der Waals surface area contributed by atoms with E-state index in [4.69, 9.17) is 4.74 Å². The zero-order valence-electron chi connectivity index (χ0n) is 11.4. The highest BCUT2D eigenvalue weighted by molar-refractivity contribution is 6.04. The van der Waals surface area contributed by atoms with Crippen LogP contribution in [0, 0.1) is 0 Å². The molecule has 0 radical (unpaired) electrons. The minimum absolute atomic E-state index is 0.218. The zero-order chi connectivity index (χ0) is 14.5. The Labute approximate surface area is 116 Å². The van der Waals surface area contributed by atoms with E-state index in [9.17, 15) is 9.59 Å². The molecule has 0 aliphatic carbocycles. The normalized spacial score (nSPS) is 10.1. The minimum Gasteiger partial charge on any atom is -0.494 e. The van der Waals surface area contributed by atoms with E-state index in [1.54, 1.807) is 43.6 Å². The lowest BCUT2D eigenvalue weighted by Crippen LogP contribution is -2.19. The van der Waals surface area contributed by atoms with Gasteiger partial charge in [0, 0.05) is 30.6 Å². The second kappa shape index (κ2) is 6.06. The van der Waals surface area contributed by atoms with Gasteiger partial charge < -0.3 is 14.6 Å². The maximum absolute atomic E-state index is 12.0. The first-order valence-corrected chi connectivity index (χ1v) is 6.31. The van der Waals surface area contributed by atoms with Gasteiger partial charge in [-0.15, -0.1) is 0 Å². The van der Waals surface area contributed by atoms with Crippen LogP contribution in [0.25, 0.3) is 0 Å². The number of ether oxygens (including phenoxy) is 1. The van der Waals surface area contributed by atoms with Crippen molar-refractivity contribution in [2.45, 2.75) is 6.92 Å². The van der Waals surface area contributed by atoms with Crippen LogP contribution in [0.4, 0.5) is 5.69 Å². The minimum atomic E-state index is -0.313. The van der Waals surface area contributed by atoms with Crippen LogP contribution in [0.5, 0.6) is 5.75 Å². The SMILES string of the molecule is CCOc1ccc(NC(=O)c2ccn(C)c(=O)c2)cc1. The molecule has 2 aromatic rings. The van der Waals surface area contributed by atoms with Gasteiger partial charge in [0.15, 0.2) is 0 Å². The van der Waals surface area contributed by atoms with Crippen LogP contribution < -0.4 is 15.6 Å². The van der Waals surface area contributed by atoms with Crippen molar-refractivity contribution in [3.05, 3.63) is 58.5 Å². The second-order valence-corrected chi connectivity index (χ2v) is 4.28. The van der Waals surface area contributed by atoms with Crippen molar-refractivity contribution in [3.63, 3.8) is 0 Å². The molecular formula is C15H16N2O3. The van der Waals surface area contributed by atoms with Crippen molar-refractivity contribution >= 4 is 11.6 Å². The molecule has 0 atom stereocenters. The number of hydrogen-bond acceptors (Lipinski definition) is 3. The van der Waals surface area contributed by atoms with E-state index in [0.29, 0.717) is 17.9 Å². The molecule has 1 N–H and O–H groups in total. The Hall–Kier alpha value is -2.56. The predicted molar refractivity (Wildman–Crippen MR) is 77.2 cm³/mol. The first-order chi connectivity index (χ1) is 9.60. The predicted octanol–water partition coefficient (Wildman–Crippen LogP) is 2.04. The number of nitrogens with one attached hydrogen (secondary N) is 1. The smallest absolute Gasteiger partial charge is 0.255 e. The summed E-state index contributed by atoms with van der Waals surface area (Å²) in [4.78, 5) is 23.5. The number of amides is 1. The van der Waals surface area contributed by atoms with Gasteiger partial charge in [-0.1, -0.05) is 0 Å². The van der Waals surface area contributed by atoms with Crippen LogP contribution in [0.15, 0.2) is 47.4 Å². The fourth-order valence-electron chi connectivity index (χ4n) is 1.69. The van der Waals surface area contributed by atoms with Gasteiger partial charge in [0.25, 0.3) is 11.5 Å². The Morgan fingerprint density at radius 3 is 2.55 bits per heavy atom. The molecule has 0 saturated heterocycles. The number of nitrogens with zero attached hydrogens (tertiary/aromatic N) is 1. The molecule has 20 heavy (non-hydrogen) atoms. The van der Waals surface area contributed by atoms with Crippen molar-refractivity contribution < 1.29 is 9.53 Å². The van der Waals surface area contributed by atoms with E-state index in [-0.39, 0.29) is 11.5 Å². The number of carbonyl (C=O) groups excluding carboxylic acids is 1. The summed E-state index contributed by atoms with van der Waals surface area (Å²) in [7, 11) is 1.64. The maximum Gasteiger partial charge on any atom is 0.255 e. The first-order valence-electron chi connectivity index (χ1n) is 6.31. The van der Waals surface area contributed by atoms with Crippen molar-refractivity contribution in [3.8, 4) is 5.75 Å². The molecule has 0 spiro atoms. The first kappa shape index (κ1) is 13.9. The van der Waals surface area contributed by atoms with Gasteiger partial charge in [0.1, 0.15) is 5.75 Å². The lowest BCUT2D eigenvalue weighted by atomic mass is 10.2. The van der Waals surface area contributed by atoms with Gasteiger partial charge in [-0.3, -0.25) is 9.59 Å². The third kappa shape index (κ3) is 3.26. The van der Waals surface area contributed by atoms with Crippen molar-refractivity contribution in [1.82, 2.24) is 4.57 Å². The van der Waals surface area contributed by atoms with E-state index >= 15 is 0 Å². The van der Waals surface area contributed by atoms with Crippen molar-refractivity contribution in [2.75, 3.05) is 11.9 Å². The number of pyridine rings is 1. The largest absolute Gasteiger partial charge is 0.494 e. The van der Waals surface area contributed by atoms with Gasteiger partial charge in [-0.25, -0.2) is 0 Å². The molecule has 1 aromatic heterocycles. The summed E-state index contributed by atoms with van der Waals surface area (Å²) in [5.41, 5.74) is 0.769. The summed E-state index contributed by atoms with van der Waals surface area (Å²) in [5.74, 6) is 0.436. The zero-order valence-corrected chi connectivity index (χ0v) is 11.4. The molecule has 0 aliphatic rings. The Bertz CT molecular complexity index is 660. The van der Waals surface area contributed by atoms with Crippen LogP contribution >= 0.6 is 0 Å². The molecular weight excluding hydrogens is 256 g/mol. The summed E-state index contributed by atoms with van der Waals surface area (Å²) in [5, 5.41) is 2.73. The Morgan fingerprint density at radius 1 is 1.25 bits per heavy atom.